The molecule has 0 aliphatic carbocycles. The monoisotopic (exact) mass is 273 g/mol. The molecule has 0 bridgehead atoms. The maximum absolute atomic E-state index is 11.4. The lowest BCUT2D eigenvalue weighted by Gasteiger charge is -2.17. The molecule has 5 nitrogen and oxygen atoms in total. The Kier molecular flexibility index (Phi) is 4.59. The summed E-state index contributed by atoms with van der Waals surface area (Å²) in [5, 5.41) is 21.4. The number of hydrogen-bond donors (Lipinski definition) is 2. The highest BCUT2D eigenvalue weighted by molar-refractivity contribution is 5.75. The average molecular weight is 273 g/mol. The van der Waals surface area contributed by atoms with E-state index in [1.54, 1.807) is 12.1 Å². The lowest BCUT2D eigenvalue weighted by Crippen LogP contribution is -2.36. The molecular weight excluding hydrogens is 254 g/mol. The Morgan fingerprint density at radius 2 is 2.40 bits per heavy atom. The van der Waals surface area contributed by atoms with Crippen molar-refractivity contribution in [3.05, 3.63) is 29.3 Å². The third-order valence-electron chi connectivity index (χ3n) is 3.55. The van der Waals surface area contributed by atoms with Crippen molar-refractivity contribution in [1.29, 1.82) is 5.26 Å². The maximum atomic E-state index is 11.4. The molecule has 0 spiro atoms. The van der Waals surface area contributed by atoms with Crippen molar-refractivity contribution in [2.24, 2.45) is 0 Å². The van der Waals surface area contributed by atoms with E-state index in [-0.39, 0.29) is 17.7 Å². The summed E-state index contributed by atoms with van der Waals surface area (Å²) in [5.41, 5.74) is 1.30. The third kappa shape index (κ3) is 3.49. The maximum Gasteiger partial charge on any atom is 0.219 e. The van der Waals surface area contributed by atoms with Crippen LogP contribution in [0, 0.1) is 11.3 Å². The summed E-state index contributed by atoms with van der Waals surface area (Å²) in [4.78, 5) is 13.6. The van der Waals surface area contributed by atoms with Crippen molar-refractivity contribution in [2.75, 3.05) is 13.1 Å². The Morgan fingerprint density at radius 3 is 3.10 bits per heavy atom. The van der Waals surface area contributed by atoms with Gasteiger partial charge in [-0.05, 0) is 24.1 Å². The van der Waals surface area contributed by atoms with Gasteiger partial charge in [-0.15, -0.1) is 0 Å². The molecule has 5 heteroatoms. The van der Waals surface area contributed by atoms with Crippen LogP contribution in [0.15, 0.2) is 18.2 Å². The van der Waals surface area contributed by atoms with Crippen LogP contribution in [0.3, 0.4) is 0 Å². The number of benzene rings is 1. The molecule has 1 saturated heterocycles. The minimum absolute atomic E-state index is 0.0192. The van der Waals surface area contributed by atoms with Gasteiger partial charge in [0.25, 0.3) is 0 Å². The van der Waals surface area contributed by atoms with E-state index in [4.69, 9.17) is 5.26 Å². The fourth-order valence-electron chi connectivity index (χ4n) is 2.45. The van der Waals surface area contributed by atoms with Gasteiger partial charge in [0.1, 0.15) is 11.8 Å². The molecule has 0 aromatic heterocycles. The summed E-state index contributed by atoms with van der Waals surface area (Å²) in [5.74, 6) is 0.110. The van der Waals surface area contributed by atoms with Crippen LogP contribution >= 0.6 is 0 Å². The molecule has 1 aliphatic heterocycles. The summed E-state index contributed by atoms with van der Waals surface area (Å²) >= 11 is 0. The van der Waals surface area contributed by atoms with E-state index in [1.807, 2.05) is 19.1 Å². The van der Waals surface area contributed by atoms with Crippen LogP contribution < -0.4 is 5.32 Å². The molecule has 106 valence electrons. The molecule has 1 aromatic carbocycles. The Labute approximate surface area is 118 Å². The van der Waals surface area contributed by atoms with Gasteiger partial charge < -0.3 is 10.4 Å². The van der Waals surface area contributed by atoms with E-state index in [0.717, 1.165) is 31.6 Å². The van der Waals surface area contributed by atoms with E-state index in [2.05, 4.69) is 10.2 Å². The van der Waals surface area contributed by atoms with Crippen molar-refractivity contribution < 1.29 is 9.90 Å². The molecule has 1 unspecified atom stereocenters. The topological polar surface area (TPSA) is 76.4 Å². The lowest BCUT2D eigenvalue weighted by atomic mass is 10.1. The predicted octanol–water partition coefficient (Wildman–Crippen LogP) is 1.36. The first-order valence-corrected chi connectivity index (χ1v) is 6.86. The van der Waals surface area contributed by atoms with E-state index < -0.39 is 0 Å². The van der Waals surface area contributed by atoms with Gasteiger partial charge in [-0.2, -0.15) is 5.26 Å². The van der Waals surface area contributed by atoms with E-state index in [0.29, 0.717) is 12.0 Å². The highest BCUT2D eigenvalue weighted by Gasteiger charge is 2.23. The number of hydrogen-bond acceptors (Lipinski definition) is 4. The van der Waals surface area contributed by atoms with Gasteiger partial charge in [0, 0.05) is 32.1 Å². The van der Waals surface area contributed by atoms with Gasteiger partial charge >= 0.3 is 0 Å². The predicted molar refractivity (Wildman–Crippen MR) is 74.9 cm³/mol. The fraction of sp³-hybridized carbons (Fsp3) is 0.467. The minimum Gasteiger partial charge on any atom is -0.507 e. The summed E-state index contributed by atoms with van der Waals surface area (Å²) in [7, 11) is 0. The number of aromatic hydroxyl groups is 1. The van der Waals surface area contributed by atoms with E-state index >= 15 is 0 Å². The zero-order valence-corrected chi connectivity index (χ0v) is 11.6. The molecule has 1 aliphatic rings. The number of likely N-dealkylation sites (tertiary alicyclic amines) is 1. The number of amides is 1. The molecule has 1 amide bonds. The van der Waals surface area contributed by atoms with Crippen LogP contribution in [0.2, 0.25) is 0 Å². The van der Waals surface area contributed by atoms with Crippen LogP contribution in [-0.2, 0) is 11.3 Å². The molecule has 1 fully saturated rings. The van der Waals surface area contributed by atoms with Crippen LogP contribution in [0.4, 0.5) is 0 Å². The average Bonchev–Trinajstić information content (AvgIpc) is 2.88. The number of nitrogens with one attached hydrogen (secondary N) is 1. The normalized spacial score (nSPS) is 18.7. The van der Waals surface area contributed by atoms with Gasteiger partial charge in [0.15, 0.2) is 0 Å². The van der Waals surface area contributed by atoms with Gasteiger partial charge in [0.2, 0.25) is 5.91 Å². The number of rotatable bonds is 4. The van der Waals surface area contributed by atoms with Crippen molar-refractivity contribution in [3.63, 3.8) is 0 Å². The fourth-order valence-corrected chi connectivity index (χ4v) is 2.45. The van der Waals surface area contributed by atoms with Gasteiger partial charge in [-0.25, -0.2) is 0 Å². The van der Waals surface area contributed by atoms with Crippen LogP contribution in [0.5, 0.6) is 5.75 Å². The Bertz CT molecular complexity index is 536. The molecule has 1 atom stereocenters. The van der Waals surface area contributed by atoms with E-state index in [9.17, 15) is 9.90 Å². The number of carbonyl (C=O) groups excluding carboxylic acids is 1. The smallest absolute Gasteiger partial charge is 0.219 e. The van der Waals surface area contributed by atoms with E-state index in [1.165, 1.54) is 0 Å². The Hall–Kier alpha value is -2.06. The van der Waals surface area contributed by atoms with Crippen molar-refractivity contribution in [3.8, 4) is 11.8 Å². The van der Waals surface area contributed by atoms with Crippen molar-refractivity contribution in [1.82, 2.24) is 10.2 Å². The first-order chi connectivity index (χ1) is 9.62. The Morgan fingerprint density at radius 1 is 1.60 bits per heavy atom. The molecule has 0 saturated carbocycles. The number of phenolic OH excluding ortho intramolecular Hbond substituents is 1. The number of carbonyl (C=O) groups is 1. The quantitative estimate of drug-likeness (QED) is 0.868. The first kappa shape index (κ1) is 14.4. The zero-order chi connectivity index (χ0) is 14.5. The molecule has 2 N–H and O–H groups in total. The third-order valence-corrected chi connectivity index (χ3v) is 3.55. The Balaban J connectivity index is 1.92. The summed E-state index contributed by atoms with van der Waals surface area (Å²) in [6.07, 6.45) is 1.47. The molecular formula is C15H19N3O2. The number of phenols is 1. The van der Waals surface area contributed by atoms with Crippen LogP contribution in [-0.4, -0.2) is 35.0 Å². The van der Waals surface area contributed by atoms with Crippen molar-refractivity contribution in [2.45, 2.75) is 32.4 Å². The number of nitriles is 1. The molecule has 2 rings (SSSR count). The minimum atomic E-state index is 0.0192. The summed E-state index contributed by atoms with van der Waals surface area (Å²) in [6, 6.07) is 7.29. The molecule has 20 heavy (non-hydrogen) atoms. The van der Waals surface area contributed by atoms with Gasteiger partial charge in [-0.3, -0.25) is 9.69 Å². The van der Waals surface area contributed by atoms with Gasteiger partial charge in [-0.1, -0.05) is 13.0 Å². The molecule has 0 radical (unpaired) electrons. The van der Waals surface area contributed by atoms with Gasteiger partial charge in [0.05, 0.1) is 5.56 Å². The second-order valence-corrected chi connectivity index (χ2v) is 5.11. The SMILES string of the molecule is CCC(=O)NC1CCN(Cc2ccc(O)c(C#N)c2)C1. The van der Waals surface area contributed by atoms with Crippen molar-refractivity contribution >= 4 is 5.91 Å². The second kappa shape index (κ2) is 6.40. The zero-order valence-electron chi connectivity index (χ0n) is 11.6. The molecule has 1 heterocycles. The highest BCUT2D eigenvalue weighted by atomic mass is 16.3. The summed E-state index contributed by atoms with van der Waals surface area (Å²) in [6.45, 7) is 4.33. The largest absolute Gasteiger partial charge is 0.507 e. The highest BCUT2D eigenvalue weighted by Crippen LogP contribution is 2.20. The summed E-state index contributed by atoms with van der Waals surface area (Å²) < 4.78 is 0. The lowest BCUT2D eigenvalue weighted by molar-refractivity contribution is -0.121. The number of nitrogens with zero attached hydrogens (tertiary/aromatic N) is 2. The standard InChI is InChI=1S/C15H19N3O2/c1-2-15(20)17-13-5-6-18(10-13)9-11-3-4-14(19)12(7-11)8-16/h3-4,7,13,19H,2,5-6,9-10H2,1H3,(H,17,20). The second-order valence-electron chi connectivity index (χ2n) is 5.11. The molecule has 1 aromatic rings. The van der Waals surface area contributed by atoms with Crippen LogP contribution in [0.1, 0.15) is 30.9 Å². The van der Waals surface area contributed by atoms with Crippen LogP contribution in [0.25, 0.3) is 0 Å². The first-order valence-electron chi connectivity index (χ1n) is 6.86.